The Morgan fingerprint density at radius 3 is 2.29 bits per heavy atom. The van der Waals surface area contributed by atoms with Crippen LogP contribution in [0.25, 0.3) is 0 Å². The van der Waals surface area contributed by atoms with Gasteiger partial charge in [0.25, 0.3) is 5.91 Å². The Balaban J connectivity index is 1.71. The van der Waals surface area contributed by atoms with Crippen LogP contribution >= 0.6 is 0 Å². The number of carbonyl (C=O) groups is 2. The van der Waals surface area contributed by atoms with Gasteiger partial charge in [0, 0.05) is 23.6 Å². The Morgan fingerprint density at radius 1 is 0.903 bits per heavy atom. The molecule has 0 aliphatic carbocycles. The van der Waals surface area contributed by atoms with E-state index in [9.17, 15) is 9.59 Å². The number of benzene rings is 2. The second-order valence-corrected chi connectivity index (χ2v) is 8.89. The number of urea groups is 1. The highest BCUT2D eigenvalue weighted by molar-refractivity contribution is 6.03. The summed E-state index contributed by atoms with van der Waals surface area (Å²) < 4.78 is 1.87. The van der Waals surface area contributed by atoms with Crippen molar-refractivity contribution in [2.75, 3.05) is 10.2 Å². The molecule has 0 unspecified atom stereocenters. The molecule has 31 heavy (non-hydrogen) atoms. The van der Waals surface area contributed by atoms with Crippen LogP contribution in [0.4, 0.5) is 21.9 Å². The minimum Gasteiger partial charge on any atom is -0.345 e. The van der Waals surface area contributed by atoms with E-state index in [0.717, 1.165) is 35.3 Å². The zero-order chi connectivity index (χ0) is 22.0. The molecule has 1 aliphatic rings. The lowest BCUT2D eigenvalue weighted by Crippen LogP contribution is -2.43. The fourth-order valence-corrected chi connectivity index (χ4v) is 3.87. The summed E-state index contributed by atoms with van der Waals surface area (Å²) >= 11 is 0. The highest BCUT2D eigenvalue weighted by Crippen LogP contribution is 2.37. The Bertz CT molecular complexity index is 1100. The maximum atomic E-state index is 13.5. The van der Waals surface area contributed by atoms with Crippen LogP contribution in [0.2, 0.25) is 0 Å². The molecule has 0 atom stereocenters. The van der Waals surface area contributed by atoms with Crippen molar-refractivity contribution in [1.82, 2.24) is 9.88 Å². The van der Waals surface area contributed by atoms with E-state index in [-0.39, 0.29) is 24.0 Å². The number of aromatic nitrogens is 1. The van der Waals surface area contributed by atoms with Gasteiger partial charge in [0.2, 0.25) is 0 Å². The first-order valence-corrected chi connectivity index (χ1v) is 10.5. The highest BCUT2D eigenvalue weighted by atomic mass is 16.2. The first kappa shape index (κ1) is 20.7. The van der Waals surface area contributed by atoms with Gasteiger partial charge in [-0.1, -0.05) is 24.3 Å². The van der Waals surface area contributed by atoms with Gasteiger partial charge in [-0.2, -0.15) is 0 Å². The number of anilines is 3. The number of fused-ring (bicyclic) bond motifs is 2. The number of nitrogens with zero attached hydrogens (tertiary/aromatic N) is 2. The first-order chi connectivity index (χ1) is 14.8. The van der Waals surface area contributed by atoms with Crippen molar-refractivity contribution in [2.45, 2.75) is 45.7 Å². The van der Waals surface area contributed by atoms with Gasteiger partial charge >= 0.3 is 6.03 Å². The molecule has 4 rings (SSSR count). The second kappa shape index (κ2) is 8.30. The van der Waals surface area contributed by atoms with Crippen molar-refractivity contribution in [2.24, 2.45) is 0 Å². The van der Waals surface area contributed by atoms with E-state index in [1.54, 1.807) is 4.90 Å². The van der Waals surface area contributed by atoms with Crippen LogP contribution in [-0.4, -0.2) is 22.0 Å². The standard InChI is InChI=1S/C25H28N4O2/c1-25(2,3)27-24(31)26-20-13-12-19-11-10-18-8-4-5-9-21(18)29(22(19)16-20)23(30)17-28-14-6-7-15-28/h4-9,12-16H,10-11,17H2,1-3H3,(H2,26,27,31). The van der Waals surface area contributed by atoms with Crippen LogP contribution in [0.15, 0.2) is 67.0 Å². The number of carbonyl (C=O) groups excluding carboxylic acids is 2. The predicted octanol–water partition coefficient (Wildman–Crippen LogP) is 4.87. The number of amides is 3. The maximum absolute atomic E-state index is 13.5. The molecule has 0 radical (unpaired) electrons. The highest BCUT2D eigenvalue weighted by Gasteiger charge is 2.26. The molecule has 160 valence electrons. The third-order valence-corrected chi connectivity index (χ3v) is 5.20. The number of para-hydroxylation sites is 1. The summed E-state index contributed by atoms with van der Waals surface area (Å²) in [5.74, 6) is -0.0249. The van der Waals surface area contributed by atoms with Gasteiger partial charge in [0.15, 0.2) is 0 Å². The number of hydrogen-bond acceptors (Lipinski definition) is 2. The monoisotopic (exact) mass is 416 g/mol. The first-order valence-electron chi connectivity index (χ1n) is 10.5. The van der Waals surface area contributed by atoms with Crippen LogP contribution in [0, 0.1) is 0 Å². The quantitative estimate of drug-likeness (QED) is 0.640. The third-order valence-electron chi connectivity index (χ3n) is 5.20. The smallest absolute Gasteiger partial charge is 0.319 e. The SMILES string of the molecule is CC(C)(C)NC(=O)Nc1ccc2c(c1)N(C(=O)Cn1cccc1)c1ccccc1CC2. The van der Waals surface area contributed by atoms with Gasteiger partial charge in [0.1, 0.15) is 6.54 Å². The lowest BCUT2D eigenvalue weighted by Gasteiger charge is -2.26. The van der Waals surface area contributed by atoms with E-state index < -0.39 is 0 Å². The van der Waals surface area contributed by atoms with E-state index in [1.807, 2.05) is 86.3 Å². The summed E-state index contributed by atoms with van der Waals surface area (Å²) in [6, 6.07) is 17.4. The summed E-state index contributed by atoms with van der Waals surface area (Å²) in [6.45, 7) is 6.04. The molecule has 0 saturated heterocycles. The topological polar surface area (TPSA) is 66.4 Å². The number of hydrogen-bond donors (Lipinski definition) is 2. The normalized spacial score (nSPS) is 13.1. The molecular weight excluding hydrogens is 388 g/mol. The largest absolute Gasteiger partial charge is 0.345 e. The average molecular weight is 417 g/mol. The van der Waals surface area contributed by atoms with Crippen LogP contribution in [0.5, 0.6) is 0 Å². The lowest BCUT2D eigenvalue weighted by molar-refractivity contribution is -0.118. The van der Waals surface area contributed by atoms with E-state index in [4.69, 9.17) is 0 Å². The van der Waals surface area contributed by atoms with Crippen LogP contribution in [0.3, 0.4) is 0 Å². The molecule has 2 aromatic carbocycles. The molecule has 3 amide bonds. The minimum atomic E-state index is -0.340. The molecule has 6 heteroatoms. The average Bonchev–Trinajstić information content (AvgIpc) is 3.14. The number of nitrogens with one attached hydrogen (secondary N) is 2. The molecule has 6 nitrogen and oxygen atoms in total. The van der Waals surface area contributed by atoms with Crippen molar-refractivity contribution < 1.29 is 9.59 Å². The Morgan fingerprint density at radius 2 is 1.58 bits per heavy atom. The zero-order valence-corrected chi connectivity index (χ0v) is 18.2. The molecule has 0 saturated carbocycles. The third kappa shape index (κ3) is 4.79. The molecule has 1 aromatic heterocycles. The summed E-state index contributed by atoms with van der Waals surface area (Å²) in [5.41, 5.74) is 4.25. The second-order valence-electron chi connectivity index (χ2n) is 8.89. The van der Waals surface area contributed by atoms with Gasteiger partial charge in [-0.25, -0.2) is 4.79 Å². The van der Waals surface area contributed by atoms with Crippen molar-refractivity contribution >= 4 is 29.0 Å². The Kier molecular flexibility index (Phi) is 5.55. The van der Waals surface area contributed by atoms with Gasteiger partial charge in [0.05, 0.1) is 11.4 Å². The molecule has 0 bridgehead atoms. The summed E-state index contributed by atoms with van der Waals surface area (Å²) in [5, 5.41) is 5.81. The maximum Gasteiger partial charge on any atom is 0.319 e. The van der Waals surface area contributed by atoms with E-state index in [1.165, 1.54) is 0 Å². The summed E-state index contributed by atoms with van der Waals surface area (Å²) in [6.07, 6.45) is 5.45. The molecule has 1 aliphatic heterocycles. The van der Waals surface area contributed by atoms with Crippen molar-refractivity contribution in [3.8, 4) is 0 Å². The van der Waals surface area contributed by atoms with Gasteiger partial charge in [-0.3, -0.25) is 9.69 Å². The van der Waals surface area contributed by atoms with Crippen molar-refractivity contribution in [3.63, 3.8) is 0 Å². The molecule has 3 aromatic rings. The van der Waals surface area contributed by atoms with Crippen molar-refractivity contribution in [1.29, 1.82) is 0 Å². The van der Waals surface area contributed by atoms with E-state index in [2.05, 4.69) is 16.7 Å². The van der Waals surface area contributed by atoms with Gasteiger partial charge in [-0.05, 0) is 75.1 Å². The Labute approximate surface area is 182 Å². The Hall–Kier alpha value is -3.54. The molecule has 2 heterocycles. The van der Waals surface area contributed by atoms with Gasteiger partial charge < -0.3 is 15.2 Å². The van der Waals surface area contributed by atoms with Gasteiger partial charge in [-0.15, -0.1) is 0 Å². The minimum absolute atomic E-state index is 0.0249. The lowest BCUT2D eigenvalue weighted by atomic mass is 10.0. The molecular formula is C25H28N4O2. The number of aryl methyl sites for hydroxylation is 2. The zero-order valence-electron chi connectivity index (χ0n) is 18.2. The fraction of sp³-hybridized carbons (Fsp3) is 0.280. The van der Waals surface area contributed by atoms with E-state index in [0.29, 0.717) is 5.69 Å². The van der Waals surface area contributed by atoms with Crippen LogP contribution in [-0.2, 0) is 24.2 Å². The van der Waals surface area contributed by atoms with Crippen LogP contribution < -0.4 is 15.5 Å². The van der Waals surface area contributed by atoms with E-state index >= 15 is 0 Å². The number of rotatable bonds is 3. The summed E-state index contributed by atoms with van der Waals surface area (Å²) in [7, 11) is 0. The predicted molar refractivity (Wildman–Crippen MR) is 124 cm³/mol. The van der Waals surface area contributed by atoms with Crippen molar-refractivity contribution in [3.05, 3.63) is 78.1 Å². The van der Waals surface area contributed by atoms with Crippen LogP contribution in [0.1, 0.15) is 31.9 Å². The molecule has 0 spiro atoms. The fourth-order valence-electron chi connectivity index (χ4n) is 3.87. The summed E-state index contributed by atoms with van der Waals surface area (Å²) in [4.78, 5) is 27.6. The molecule has 2 N–H and O–H groups in total. The molecule has 0 fully saturated rings.